The molecule has 0 fully saturated rings. The summed E-state index contributed by atoms with van der Waals surface area (Å²) in [6.07, 6.45) is 0.917. The maximum atomic E-state index is 5.84. The molecular formula is C14H20N2O2. The Morgan fingerprint density at radius 2 is 2.22 bits per heavy atom. The fourth-order valence-corrected chi connectivity index (χ4v) is 2.09. The van der Waals surface area contributed by atoms with E-state index in [0.717, 1.165) is 36.7 Å². The molecule has 0 radical (unpaired) electrons. The number of ether oxygens (including phenoxy) is 2. The van der Waals surface area contributed by atoms with E-state index in [4.69, 9.17) is 9.47 Å². The molecule has 98 valence electrons. The summed E-state index contributed by atoms with van der Waals surface area (Å²) in [5, 5.41) is 3.32. The molecule has 0 amide bonds. The third-order valence-corrected chi connectivity index (χ3v) is 2.93. The Labute approximate surface area is 108 Å². The first-order valence-electron chi connectivity index (χ1n) is 6.39. The van der Waals surface area contributed by atoms with Gasteiger partial charge in [-0.3, -0.25) is 4.99 Å². The minimum absolute atomic E-state index is 0.161. The van der Waals surface area contributed by atoms with Crippen LogP contribution in [-0.2, 0) is 4.74 Å². The molecule has 1 aromatic carbocycles. The molecule has 1 heterocycles. The van der Waals surface area contributed by atoms with Gasteiger partial charge in [0.2, 0.25) is 0 Å². The van der Waals surface area contributed by atoms with Gasteiger partial charge in [-0.05, 0) is 19.4 Å². The molecule has 4 nitrogen and oxygen atoms in total. The summed E-state index contributed by atoms with van der Waals surface area (Å²) in [5.41, 5.74) is 1.02. The molecule has 1 aromatic rings. The number of benzene rings is 1. The zero-order valence-electron chi connectivity index (χ0n) is 11.0. The van der Waals surface area contributed by atoms with E-state index in [9.17, 15) is 0 Å². The van der Waals surface area contributed by atoms with Crippen LogP contribution in [-0.4, -0.2) is 32.6 Å². The lowest BCUT2D eigenvalue weighted by molar-refractivity contribution is 0.105. The SMILES string of the molecule is CCO[C@@H](C1=NCCCN1)c1ccccc1OC. The van der Waals surface area contributed by atoms with Crippen molar-refractivity contribution in [1.29, 1.82) is 0 Å². The van der Waals surface area contributed by atoms with Crippen LogP contribution in [0.1, 0.15) is 25.0 Å². The monoisotopic (exact) mass is 248 g/mol. The van der Waals surface area contributed by atoms with E-state index in [1.165, 1.54) is 0 Å². The zero-order valence-corrected chi connectivity index (χ0v) is 11.0. The summed E-state index contributed by atoms with van der Waals surface area (Å²) in [4.78, 5) is 4.53. The second-order valence-electron chi connectivity index (χ2n) is 4.12. The van der Waals surface area contributed by atoms with E-state index in [1.54, 1.807) is 7.11 Å². The number of nitrogens with zero attached hydrogens (tertiary/aromatic N) is 1. The molecule has 18 heavy (non-hydrogen) atoms. The fourth-order valence-electron chi connectivity index (χ4n) is 2.09. The molecule has 0 saturated carbocycles. The van der Waals surface area contributed by atoms with Crippen molar-refractivity contribution in [2.45, 2.75) is 19.4 Å². The molecule has 1 aliphatic heterocycles. The molecule has 0 saturated heterocycles. The van der Waals surface area contributed by atoms with Gasteiger partial charge in [0, 0.05) is 25.3 Å². The molecule has 1 aliphatic rings. The van der Waals surface area contributed by atoms with Crippen LogP contribution in [0.4, 0.5) is 0 Å². The number of rotatable bonds is 5. The van der Waals surface area contributed by atoms with E-state index in [2.05, 4.69) is 10.3 Å². The average molecular weight is 248 g/mol. The number of para-hydroxylation sites is 1. The second-order valence-corrected chi connectivity index (χ2v) is 4.12. The van der Waals surface area contributed by atoms with Crippen molar-refractivity contribution in [3.63, 3.8) is 0 Å². The third kappa shape index (κ3) is 2.82. The lowest BCUT2D eigenvalue weighted by atomic mass is 10.1. The fraction of sp³-hybridized carbons (Fsp3) is 0.500. The Bertz CT molecular complexity index is 418. The van der Waals surface area contributed by atoms with Gasteiger partial charge < -0.3 is 14.8 Å². The van der Waals surface area contributed by atoms with Gasteiger partial charge in [0.05, 0.1) is 7.11 Å². The van der Waals surface area contributed by atoms with Crippen LogP contribution in [0.15, 0.2) is 29.3 Å². The first-order valence-corrected chi connectivity index (χ1v) is 6.39. The Balaban J connectivity index is 2.31. The zero-order chi connectivity index (χ0) is 12.8. The molecule has 0 aromatic heterocycles. The van der Waals surface area contributed by atoms with E-state index < -0.39 is 0 Å². The summed E-state index contributed by atoms with van der Waals surface area (Å²) in [6, 6.07) is 7.93. The predicted octanol–water partition coefficient (Wildman–Crippen LogP) is 2.16. The molecular weight excluding hydrogens is 228 g/mol. The van der Waals surface area contributed by atoms with Gasteiger partial charge in [0.1, 0.15) is 17.7 Å². The normalized spacial score (nSPS) is 16.7. The highest BCUT2D eigenvalue weighted by molar-refractivity contribution is 5.88. The minimum Gasteiger partial charge on any atom is -0.496 e. The van der Waals surface area contributed by atoms with Crippen molar-refractivity contribution in [2.75, 3.05) is 26.8 Å². The van der Waals surface area contributed by atoms with Crippen molar-refractivity contribution in [3.05, 3.63) is 29.8 Å². The number of hydrogen-bond acceptors (Lipinski definition) is 4. The number of nitrogens with one attached hydrogen (secondary N) is 1. The molecule has 0 bridgehead atoms. The molecule has 4 heteroatoms. The standard InChI is InChI=1S/C14H20N2O2/c1-3-18-13(14-15-9-6-10-16-14)11-7-4-5-8-12(11)17-2/h4-5,7-8,13H,3,6,9-10H2,1-2H3,(H,15,16)/t13-/m1/s1. The molecule has 1 atom stereocenters. The van der Waals surface area contributed by atoms with Gasteiger partial charge in [0.25, 0.3) is 0 Å². The Hall–Kier alpha value is -1.55. The quantitative estimate of drug-likeness (QED) is 0.868. The average Bonchev–Trinajstić information content (AvgIpc) is 2.46. The lowest BCUT2D eigenvalue weighted by Crippen LogP contribution is -2.35. The van der Waals surface area contributed by atoms with Crippen LogP contribution in [0, 0.1) is 0 Å². The van der Waals surface area contributed by atoms with E-state index in [1.807, 2.05) is 31.2 Å². The molecule has 2 rings (SSSR count). The van der Waals surface area contributed by atoms with E-state index in [0.29, 0.717) is 6.61 Å². The van der Waals surface area contributed by atoms with Crippen molar-refractivity contribution in [2.24, 2.45) is 4.99 Å². The van der Waals surface area contributed by atoms with Crippen molar-refractivity contribution < 1.29 is 9.47 Å². The number of hydrogen-bond donors (Lipinski definition) is 1. The maximum Gasteiger partial charge on any atom is 0.143 e. The van der Waals surface area contributed by atoms with Crippen LogP contribution in [0.3, 0.4) is 0 Å². The molecule has 0 unspecified atom stereocenters. The van der Waals surface area contributed by atoms with Gasteiger partial charge in [-0.15, -0.1) is 0 Å². The summed E-state index contributed by atoms with van der Waals surface area (Å²) < 4.78 is 11.2. The molecule has 1 N–H and O–H groups in total. The second kappa shape index (κ2) is 6.40. The summed E-state index contributed by atoms with van der Waals surface area (Å²) in [6.45, 7) is 4.45. The van der Waals surface area contributed by atoms with Crippen LogP contribution >= 0.6 is 0 Å². The highest BCUT2D eigenvalue weighted by Crippen LogP contribution is 2.28. The van der Waals surface area contributed by atoms with E-state index in [-0.39, 0.29) is 6.10 Å². The highest BCUT2D eigenvalue weighted by atomic mass is 16.5. The summed E-state index contributed by atoms with van der Waals surface area (Å²) >= 11 is 0. The van der Waals surface area contributed by atoms with Gasteiger partial charge in [-0.25, -0.2) is 0 Å². The maximum absolute atomic E-state index is 5.84. The first-order chi connectivity index (χ1) is 8.86. The van der Waals surface area contributed by atoms with Crippen molar-refractivity contribution in [1.82, 2.24) is 5.32 Å². The van der Waals surface area contributed by atoms with Crippen LogP contribution in [0.2, 0.25) is 0 Å². The van der Waals surface area contributed by atoms with Gasteiger partial charge in [-0.2, -0.15) is 0 Å². The highest BCUT2D eigenvalue weighted by Gasteiger charge is 2.23. The van der Waals surface area contributed by atoms with Crippen LogP contribution in [0.5, 0.6) is 5.75 Å². The first kappa shape index (κ1) is 12.9. The number of amidine groups is 1. The summed E-state index contributed by atoms with van der Waals surface area (Å²) in [5.74, 6) is 1.75. The molecule has 0 spiro atoms. The Morgan fingerprint density at radius 3 is 2.89 bits per heavy atom. The smallest absolute Gasteiger partial charge is 0.143 e. The van der Waals surface area contributed by atoms with Crippen LogP contribution < -0.4 is 10.1 Å². The topological polar surface area (TPSA) is 42.8 Å². The van der Waals surface area contributed by atoms with Crippen LogP contribution in [0.25, 0.3) is 0 Å². The van der Waals surface area contributed by atoms with Gasteiger partial charge in [-0.1, -0.05) is 18.2 Å². The predicted molar refractivity (Wildman–Crippen MR) is 72.3 cm³/mol. The third-order valence-electron chi connectivity index (χ3n) is 2.93. The van der Waals surface area contributed by atoms with Gasteiger partial charge >= 0.3 is 0 Å². The Kier molecular flexibility index (Phi) is 4.59. The Morgan fingerprint density at radius 1 is 1.39 bits per heavy atom. The summed E-state index contributed by atoms with van der Waals surface area (Å²) in [7, 11) is 1.68. The van der Waals surface area contributed by atoms with Crippen molar-refractivity contribution >= 4 is 5.84 Å². The largest absolute Gasteiger partial charge is 0.496 e. The van der Waals surface area contributed by atoms with Crippen molar-refractivity contribution in [3.8, 4) is 5.75 Å². The number of methoxy groups -OCH3 is 1. The lowest BCUT2D eigenvalue weighted by Gasteiger charge is -2.24. The van der Waals surface area contributed by atoms with Gasteiger partial charge in [0.15, 0.2) is 0 Å². The number of aliphatic imine (C=N–C) groups is 1. The van der Waals surface area contributed by atoms with E-state index >= 15 is 0 Å². The molecule has 0 aliphatic carbocycles. The minimum atomic E-state index is -0.161.